The largest absolute Gasteiger partial charge is 0.369 e. The summed E-state index contributed by atoms with van der Waals surface area (Å²) in [6.07, 6.45) is 0.965. The van der Waals surface area contributed by atoms with E-state index in [0.717, 1.165) is 44.8 Å². The Morgan fingerprint density at radius 2 is 1.77 bits per heavy atom. The van der Waals surface area contributed by atoms with Gasteiger partial charge in [-0.1, -0.05) is 30.3 Å². The maximum absolute atomic E-state index is 11.8. The van der Waals surface area contributed by atoms with E-state index in [4.69, 9.17) is 0 Å². The van der Waals surface area contributed by atoms with E-state index in [9.17, 15) is 4.79 Å². The van der Waals surface area contributed by atoms with E-state index in [0.29, 0.717) is 6.54 Å². The Balaban J connectivity index is 1.31. The highest BCUT2D eigenvalue weighted by Crippen LogP contribution is 2.17. The molecule has 1 saturated heterocycles. The second kappa shape index (κ2) is 9.25. The second-order valence-electron chi connectivity index (χ2n) is 6.77. The fourth-order valence-electron chi connectivity index (χ4n) is 3.26. The summed E-state index contributed by atoms with van der Waals surface area (Å²) in [5, 5.41) is 5.76. The fraction of sp³-hybridized carbons (Fsp3) is 0.381. The number of aryl methyl sites for hydroxylation is 1. The minimum absolute atomic E-state index is 0.138. The molecule has 0 spiro atoms. The molecule has 0 radical (unpaired) electrons. The number of urea groups is 1. The number of benzene rings is 2. The van der Waals surface area contributed by atoms with E-state index in [1.54, 1.807) is 0 Å². The Kier molecular flexibility index (Phi) is 6.50. The van der Waals surface area contributed by atoms with Crippen LogP contribution in [0.3, 0.4) is 0 Å². The van der Waals surface area contributed by atoms with Crippen molar-refractivity contribution in [2.75, 3.05) is 49.5 Å². The summed E-state index contributed by atoms with van der Waals surface area (Å²) in [5.41, 5.74) is 3.45. The molecule has 5 nitrogen and oxygen atoms in total. The molecule has 26 heavy (non-hydrogen) atoms. The van der Waals surface area contributed by atoms with Gasteiger partial charge in [0.25, 0.3) is 0 Å². The van der Waals surface area contributed by atoms with Gasteiger partial charge in [0.2, 0.25) is 0 Å². The topological polar surface area (TPSA) is 47.6 Å². The number of carbonyl (C=O) groups is 1. The van der Waals surface area contributed by atoms with Crippen LogP contribution in [0.5, 0.6) is 0 Å². The first kappa shape index (κ1) is 18.3. The maximum Gasteiger partial charge on any atom is 0.319 e. The number of piperazine rings is 1. The summed E-state index contributed by atoms with van der Waals surface area (Å²) >= 11 is 0. The van der Waals surface area contributed by atoms with Crippen LogP contribution in [0.4, 0.5) is 16.2 Å². The van der Waals surface area contributed by atoms with Crippen molar-refractivity contribution in [1.82, 2.24) is 10.2 Å². The molecule has 3 rings (SSSR count). The number of para-hydroxylation sites is 1. The normalized spacial score (nSPS) is 14.9. The predicted octanol–water partition coefficient (Wildman–Crippen LogP) is 3.33. The van der Waals surface area contributed by atoms with Crippen molar-refractivity contribution in [2.24, 2.45) is 0 Å². The molecule has 0 atom stereocenters. The van der Waals surface area contributed by atoms with Crippen LogP contribution in [-0.4, -0.2) is 50.2 Å². The molecule has 1 fully saturated rings. The Hall–Kier alpha value is -2.53. The van der Waals surface area contributed by atoms with Gasteiger partial charge in [0.05, 0.1) is 0 Å². The average molecular weight is 352 g/mol. The molecule has 1 aliphatic rings. The third-order valence-electron chi connectivity index (χ3n) is 4.71. The molecular formula is C21H28N4O. The van der Waals surface area contributed by atoms with Crippen LogP contribution in [0.15, 0.2) is 54.6 Å². The van der Waals surface area contributed by atoms with Crippen molar-refractivity contribution < 1.29 is 4.79 Å². The van der Waals surface area contributed by atoms with Gasteiger partial charge in [0.15, 0.2) is 0 Å². The van der Waals surface area contributed by atoms with E-state index in [2.05, 4.69) is 51.6 Å². The van der Waals surface area contributed by atoms with E-state index in [-0.39, 0.29) is 6.03 Å². The quantitative estimate of drug-likeness (QED) is 0.784. The summed E-state index contributed by atoms with van der Waals surface area (Å²) in [4.78, 5) is 16.8. The molecule has 0 saturated carbocycles. The lowest BCUT2D eigenvalue weighted by molar-refractivity contribution is 0.244. The SMILES string of the molecule is Cc1cccc(N2CCN(CCCNC(=O)Nc3ccccc3)CC2)c1. The zero-order chi connectivity index (χ0) is 18.2. The van der Waals surface area contributed by atoms with Crippen molar-refractivity contribution in [2.45, 2.75) is 13.3 Å². The second-order valence-corrected chi connectivity index (χ2v) is 6.77. The van der Waals surface area contributed by atoms with E-state index < -0.39 is 0 Å². The third-order valence-corrected chi connectivity index (χ3v) is 4.71. The number of amides is 2. The van der Waals surface area contributed by atoms with Crippen LogP contribution in [0, 0.1) is 6.92 Å². The molecule has 1 heterocycles. The molecule has 138 valence electrons. The molecular weight excluding hydrogens is 324 g/mol. The third kappa shape index (κ3) is 5.49. The zero-order valence-electron chi connectivity index (χ0n) is 15.4. The van der Waals surface area contributed by atoms with Gasteiger partial charge >= 0.3 is 6.03 Å². The van der Waals surface area contributed by atoms with Crippen LogP contribution < -0.4 is 15.5 Å². The van der Waals surface area contributed by atoms with Gasteiger partial charge in [-0.2, -0.15) is 0 Å². The van der Waals surface area contributed by atoms with E-state index in [1.165, 1.54) is 11.3 Å². The Labute approximate surface area is 156 Å². The minimum Gasteiger partial charge on any atom is -0.369 e. The van der Waals surface area contributed by atoms with Gasteiger partial charge in [0.1, 0.15) is 0 Å². The minimum atomic E-state index is -0.138. The number of nitrogens with zero attached hydrogens (tertiary/aromatic N) is 2. The summed E-state index contributed by atoms with van der Waals surface area (Å²) < 4.78 is 0. The Bertz CT molecular complexity index is 696. The molecule has 2 aromatic rings. The van der Waals surface area contributed by atoms with Crippen molar-refractivity contribution in [3.8, 4) is 0 Å². The Morgan fingerprint density at radius 1 is 1.00 bits per heavy atom. The first-order valence-corrected chi connectivity index (χ1v) is 9.34. The van der Waals surface area contributed by atoms with E-state index in [1.807, 2.05) is 30.3 Å². The van der Waals surface area contributed by atoms with Crippen molar-refractivity contribution in [3.05, 3.63) is 60.2 Å². The molecule has 2 aromatic carbocycles. The smallest absolute Gasteiger partial charge is 0.319 e. The lowest BCUT2D eigenvalue weighted by Crippen LogP contribution is -2.47. The first-order valence-electron chi connectivity index (χ1n) is 9.34. The molecule has 0 unspecified atom stereocenters. The molecule has 2 N–H and O–H groups in total. The number of rotatable bonds is 6. The van der Waals surface area contributed by atoms with Gasteiger partial charge in [-0.3, -0.25) is 4.90 Å². The van der Waals surface area contributed by atoms with Gasteiger partial charge in [-0.15, -0.1) is 0 Å². The van der Waals surface area contributed by atoms with Crippen molar-refractivity contribution in [3.63, 3.8) is 0 Å². The molecule has 5 heteroatoms. The van der Waals surface area contributed by atoms with Gasteiger partial charge in [-0.05, 0) is 49.7 Å². The standard InChI is InChI=1S/C21H28N4O/c1-18-7-5-10-20(17-18)25-15-13-24(14-16-25)12-6-11-22-21(26)23-19-8-3-2-4-9-19/h2-5,7-10,17H,6,11-16H2,1H3,(H2,22,23,26). The van der Waals surface area contributed by atoms with E-state index >= 15 is 0 Å². The summed E-state index contributed by atoms with van der Waals surface area (Å²) in [6, 6.07) is 18.1. The lowest BCUT2D eigenvalue weighted by Gasteiger charge is -2.36. The predicted molar refractivity (Wildman–Crippen MR) is 108 cm³/mol. The summed E-state index contributed by atoms with van der Waals surface area (Å²) in [5.74, 6) is 0. The number of anilines is 2. The fourth-order valence-corrected chi connectivity index (χ4v) is 3.26. The molecule has 0 bridgehead atoms. The number of hydrogen-bond donors (Lipinski definition) is 2. The monoisotopic (exact) mass is 352 g/mol. The average Bonchev–Trinajstić information content (AvgIpc) is 2.66. The first-order chi connectivity index (χ1) is 12.7. The van der Waals surface area contributed by atoms with Crippen molar-refractivity contribution in [1.29, 1.82) is 0 Å². The maximum atomic E-state index is 11.8. The summed E-state index contributed by atoms with van der Waals surface area (Å²) in [6.45, 7) is 8.12. The van der Waals surface area contributed by atoms with Gasteiger partial charge < -0.3 is 15.5 Å². The molecule has 1 aliphatic heterocycles. The van der Waals surface area contributed by atoms with Crippen LogP contribution in [0.25, 0.3) is 0 Å². The summed E-state index contributed by atoms with van der Waals surface area (Å²) in [7, 11) is 0. The molecule has 2 amide bonds. The highest BCUT2D eigenvalue weighted by Gasteiger charge is 2.16. The molecule has 0 aliphatic carbocycles. The van der Waals surface area contributed by atoms with Crippen LogP contribution in [0.1, 0.15) is 12.0 Å². The highest BCUT2D eigenvalue weighted by molar-refractivity contribution is 5.89. The van der Waals surface area contributed by atoms with Crippen LogP contribution in [0.2, 0.25) is 0 Å². The van der Waals surface area contributed by atoms with Crippen molar-refractivity contribution >= 4 is 17.4 Å². The number of hydrogen-bond acceptors (Lipinski definition) is 3. The molecule has 0 aromatic heterocycles. The number of carbonyl (C=O) groups excluding carboxylic acids is 1. The van der Waals surface area contributed by atoms with Gasteiger partial charge in [-0.25, -0.2) is 4.79 Å². The Morgan fingerprint density at radius 3 is 2.50 bits per heavy atom. The highest BCUT2D eigenvalue weighted by atomic mass is 16.2. The van der Waals surface area contributed by atoms with Crippen LogP contribution in [-0.2, 0) is 0 Å². The van der Waals surface area contributed by atoms with Gasteiger partial charge in [0, 0.05) is 44.1 Å². The lowest BCUT2D eigenvalue weighted by atomic mass is 10.2. The van der Waals surface area contributed by atoms with Crippen LogP contribution >= 0.6 is 0 Å². The number of nitrogens with one attached hydrogen (secondary N) is 2. The zero-order valence-corrected chi connectivity index (χ0v) is 15.4.